The Bertz CT molecular complexity index is 926. The van der Waals surface area contributed by atoms with E-state index >= 15 is 0 Å². The SMILES string of the molecule is CCn1c(SCC(=O)N[C@@H]2CCN(Cc3ccccc3)C2)nnc1-c1cccs1. The average molecular weight is 428 g/mol. The molecule has 0 radical (unpaired) electrons. The second-order valence-electron chi connectivity index (χ2n) is 7.09. The monoisotopic (exact) mass is 427 g/mol. The van der Waals surface area contributed by atoms with E-state index in [4.69, 9.17) is 0 Å². The average Bonchev–Trinajstić information content (AvgIpc) is 3.48. The second-order valence-corrected chi connectivity index (χ2v) is 8.98. The fourth-order valence-corrected chi connectivity index (χ4v) is 5.13. The maximum Gasteiger partial charge on any atom is 0.230 e. The first-order chi connectivity index (χ1) is 14.2. The summed E-state index contributed by atoms with van der Waals surface area (Å²) in [7, 11) is 0. The number of nitrogens with one attached hydrogen (secondary N) is 1. The van der Waals surface area contributed by atoms with Crippen LogP contribution in [0.2, 0.25) is 0 Å². The Morgan fingerprint density at radius 2 is 2.10 bits per heavy atom. The Morgan fingerprint density at radius 3 is 2.86 bits per heavy atom. The predicted octanol–water partition coefficient (Wildman–Crippen LogP) is 3.51. The third kappa shape index (κ3) is 5.07. The van der Waals surface area contributed by atoms with E-state index in [-0.39, 0.29) is 11.9 Å². The van der Waals surface area contributed by atoms with Crippen LogP contribution in [-0.2, 0) is 17.9 Å². The van der Waals surface area contributed by atoms with Gasteiger partial charge >= 0.3 is 0 Å². The molecule has 29 heavy (non-hydrogen) atoms. The Kier molecular flexibility index (Phi) is 6.63. The van der Waals surface area contributed by atoms with Crippen LogP contribution >= 0.6 is 23.1 Å². The number of aromatic nitrogens is 3. The van der Waals surface area contributed by atoms with E-state index in [1.54, 1.807) is 11.3 Å². The zero-order valence-electron chi connectivity index (χ0n) is 16.5. The van der Waals surface area contributed by atoms with Crippen molar-refractivity contribution in [2.24, 2.45) is 0 Å². The summed E-state index contributed by atoms with van der Waals surface area (Å²) in [6.45, 7) is 5.71. The number of hydrogen-bond donors (Lipinski definition) is 1. The van der Waals surface area contributed by atoms with Crippen molar-refractivity contribution < 1.29 is 4.79 Å². The van der Waals surface area contributed by atoms with Crippen LogP contribution in [0.4, 0.5) is 0 Å². The van der Waals surface area contributed by atoms with Gasteiger partial charge in [0.2, 0.25) is 5.91 Å². The van der Waals surface area contributed by atoms with Crippen LogP contribution < -0.4 is 5.32 Å². The standard InChI is InChI=1S/C21H25N5OS2/c1-2-26-20(18-9-6-12-28-18)23-24-21(26)29-15-19(27)22-17-10-11-25(14-17)13-16-7-4-3-5-8-16/h3-9,12,17H,2,10-11,13-15H2,1H3,(H,22,27)/t17-/m1/s1. The maximum atomic E-state index is 12.5. The summed E-state index contributed by atoms with van der Waals surface area (Å²) in [5.74, 6) is 1.29. The quantitative estimate of drug-likeness (QED) is 0.558. The normalized spacial score (nSPS) is 16.9. The first-order valence-electron chi connectivity index (χ1n) is 9.88. The summed E-state index contributed by atoms with van der Waals surface area (Å²) >= 11 is 3.10. The lowest BCUT2D eigenvalue weighted by Crippen LogP contribution is -2.38. The third-order valence-corrected chi connectivity index (χ3v) is 6.83. The van der Waals surface area contributed by atoms with Crippen LogP contribution in [0.25, 0.3) is 10.7 Å². The smallest absolute Gasteiger partial charge is 0.230 e. The number of benzene rings is 1. The molecule has 0 unspecified atom stereocenters. The van der Waals surface area contributed by atoms with Crippen molar-refractivity contribution >= 4 is 29.0 Å². The van der Waals surface area contributed by atoms with Gasteiger partial charge in [-0.1, -0.05) is 48.2 Å². The van der Waals surface area contributed by atoms with Gasteiger partial charge in [-0.05, 0) is 30.4 Å². The molecule has 1 saturated heterocycles. The van der Waals surface area contributed by atoms with Crippen molar-refractivity contribution in [1.29, 1.82) is 0 Å². The number of carbonyl (C=O) groups excluding carboxylic acids is 1. The van der Waals surface area contributed by atoms with Crippen LogP contribution in [0, 0.1) is 0 Å². The van der Waals surface area contributed by atoms with Crippen LogP contribution in [0.3, 0.4) is 0 Å². The molecule has 152 valence electrons. The minimum atomic E-state index is 0.0601. The fourth-order valence-electron chi connectivity index (χ4n) is 3.60. The van der Waals surface area contributed by atoms with Gasteiger partial charge in [-0.25, -0.2) is 0 Å². The molecular weight excluding hydrogens is 402 g/mol. The molecule has 8 heteroatoms. The minimum absolute atomic E-state index is 0.0601. The highest BCUT2D eigenvalue weighted by atomic mass is 32.2. The Morgan fingerprint density at radius 1 is 1.24 bits per heavy atom. The topological polar surface area (TPSA) is 63.1 Å². The Balaban J connectivity index is 1.27. The molecule has 1 N–H and O–H groups in total. The first kappa shape index (κ1) is 20.1. The van der Waals surface area contributed by atoms with Gasteiger partial charge in [-0.15, -0.1) is 21.5 Å². The zero-order chi connectivity index (χ0) is 20.1. The lowest BCUT2D eigenvalue weighted by atomic mass is 10.2. The molecule has 0 bridgehead atoms. The Hall–Kier alpha value is -2.16. The molecule has 1 atom stereocenters. The van der Waals surface area contributed by atoms with Crippen LogP contribution in [0.5, 0.6) is 0 Å². The number of rotatable bonds is 8. The number of carbonyl (C=O) groups is 1. The number of hydrogen-bond acceptors (Lipinski definition) is 6. The molecule has 0 spiro atoms. The summed E-state index contributed by atoms with van der Waals surface area (Å²) in [6.07, 6.45) is 0.997. The number of amides is 1. The predicted molar refractivity (Wildman–Crippen MR) is 118 cm³/mol. The highest BCUT2D eigenvalue weighted by molar-refractivity contribution is 7.99. The fraction of sp³-hybridized carbons (Fsp3) is 0.381. The second kappa shape index (κ2) is 9.56. The van der Waals surface area contributed by atoms with Gasteiger partial charge in [0, 0.05) is 32.2 Å². The maximum absolute atomic E-state index is 12.5. The van der Waals surface area contributed by atoms with Gasteiger partial charge in [-0.2, -0.15) is 0 Å². The highest BCUT2D eigenvalue weighted by Gasteiger charge is 2.24. The Labute approximate surface area is 179 Å². The van der Waals surface area contributed by atoms with Gasteiger partial charge < -0.3 is 9.88 Å². The number of nitrogens with zero attached hydrogens (tertiary/aromatic N) is 4. The summed E-state index contributed by atoms with van der Waals surface area (Å²) in [4.78, 5) is 16.0. The molecule has 1 fully saturated rings. The van der Waals surface area contributed by atoms with Gasteiger partial charge in [0.05, 0.1) is 10.6 Å². The van der Waals surface area contributed by atoms with E-state index in [1.165, 1.54) is 17.3 Å². The summed E-state index contributed by atoms with van der Waals surface area (Å²) in [6, 6.07) is 14.8. The molecule has 1 aliphatic rings. The van der Waals surface area contributed by atoms with Crippen LogP contribution in [-0.4, -0.2) is 50.5 Å². The van der Waals surface area contributed by atoms with E-state index in [0.29, 0.717) is 5.75 Å². The van der Waals surface area contributed by atoms with E-state index in [1.807, 2.05) is 23.6 Å². The van der Waals surface area contributed by atoms with Crippen molar-refractivity contribution in [2.75, 3.05) is 18.8 Å². The third-order valence-electron chi connectivity index (χ3n) is 4.99. The lowest BCUT2D eigenvalue weighted by Gasteiger charge is -2.16. The molecule has 0 aliphatic carbocycles. The van der Waals surface area contributed by atoms with Gasteiger partial charge in [-0.3, -0.25) is 9.69 Å². The molecule has 3 aromatic rings. The van der Waals surface area contributed by atoms with Crippen LogP contribution in [0.1, 0.15) is 18.9 Å². The molecule has 1 aliphatic heterocycles. The molecule has 1 aromatic carbocycles. The van der Waals surface area contributed by atoms with Crippen LogP contribution in [0.15, 0.2) is 53.0 Å². The van der Waals surface area contributed by atoms with Crippen molar-refractivity contribution in [2.45, 2.75) is 37.6 Å². The molecule has 2 aromatic heterocycles. The van der Waals surface area contributed by atoms with E-state index in [9.17, 15) is 4.79 Å². The van der Waals surface area contributed by atoms with Gasteiger partial charge in [0.15, 0.2) is 11.0 Å². The lowest BCUT2D eigenvalue weighted by molar-refractivity contribution is -0.119. The first-order valence-corrected chi connectivity index (χ1v) is 11.7. The zero-order valence-corrected chi connectivity index (χ0v) is 18.1. The number of likely N-dealkylation sites (tertiary alicyclic amines) is 1. The van der Waals surface area contributed by atoms with Crippen molar-refractivity contribution in [1.82, 2.24) is 25.0 Å². The molecule has 4 rings (SSSR count). The minimum Gasteiger partial charge on any atom is -0.351 e. The van der Waals surface area contributed by atoms with Crippen molar-refractivity contribution in [3.05, 3.63) is 53.4 Å². The van der Waals surface area contributed by atoms with E-state index in [0.717, 1.165) is 48.5 Å². The summed E-state index contributed by atoms with van der Waals surface area (Å²) < 4.78 is 2.07. The summed E-state index contributed by atoms with van der Waals surface area (Å²) in [5.41, 5.74) is 1.32. The molecule has 6 nitrogen and oxygen atoms in total. The van der Waals surface area contributed by atoms with Crippen molar-refractivity contribution in [3.63, 3.8) is 0 Å². The van der Waals surface area contributed by atoms with Gasteiger partial charge in [0.1, 0.15) is 0 Å². The summed E-state index contributed by atoms with van der Waals surface area (Å²) in [5, 5.41) is 14.6. The van der Waals surface area contributed by atoms with E-state index < -0.39 is 0 Å². The molecule has 0 saturated carbocycles. The number of thioether (sulfide) groups is 1. The number of thiophene rings is 1. The molecule has 3 heterocycles. The molecular formula is C21H25N5OS2. The van der Waals surface area contributed by atoms with E-state index in [2.05, 4.69) is 56.2 Å². The molecule has 1 amide bonds. The highest BCUT2D eigenvalue weighted by Crippen LogP contribution is 2.27. The largest absolute Gasteiger partial charge is 0.351 e. The van der Waals surface area contributed by atoms with Crippen molar-refractivity contribution in [3.8, 4) is 10.7 Å². The van der Waals surface area contributed by atoms with Gasteiger partial charge in [0.25, 0.3) is 0 Å².